The molecular weight excluding hydrogens is 480 g/mol. The van der Waals surface area contributed by atoms with Crippen LogP contribution in [-0.4, -0.2) is 6.61 Å². The average Bonchev–Trinajstić information content (AvgIpc) is 2.70. The molecule has 0 atom stereocenters. The van der Waals surface area contributed by atoms with E-state index >= 15 is 0 Å². The Kier molecular flexibility index (Phi) is 7.64. The minimum absolute atomic E-state index is 0.0807. The second kappa shape index (κ2) is 10.2. The summed E-state index contributed by atoms with van der Waals surface area (Å²) >= 11 is 15.3. The zero-order valence-electron chi connectivity index (χ0n) is 15.6. The van der Waals surface area contributed by atoms with Crippen LogP contribution in [0.3, 0.4) is 0 Å². The van der Waals surface area contributed by atoms with E-state index in [9.17, 15) is 4.39 Å². The molecule has 0 aliphatic carbocycles. The quantitative estimate of drug-likeness (QED) is 0.349. The van der Waals surface area contributed by atoms with Crippen LogP contribution in [0, 0.1) is 5.82 Å². The minimum atomic E-state index is -0.444. The Morgan fingerprint density at radius 2 is 1.72 bits per heavy atom. The summed E-state index contributed by atoms with van der Waals surface area (Å²) in [5.41, 5.74) is 2.70. The van der Waals surface area contributed by atoms with E-state index < -0.39 is 5.82 Å². The van der Waals surface area contributed by atoms with Gasteiger partial charge in [0.15, 0.2) is 11.5 Å². The Balaban J connectivity index is 1.74. The highest BCUT2D eigenvalue weighted by Gasteiger charge is 2.13. The van der Waals surface area contributed by atoms with Gasteiger partial charge in [0.1, 0.15) is 12.4 Å². The number of halogens is 4. The average molecular weight is 499 g/mol. The molecule has 3 nitrogen and oxygen atoms in total. The highest BCUT2D eigenvalue weighted by atomic mass is 79.9. The molecule has 3 aromatic rings. The van der Waals surface area contributed by atoms with Gasteiger partial charge in [-0.3, -0.25) is 0 Å². The summed E-state index contributed by atoms with van der Waals surface area (Å²) in [6.45, 7) is 3.33. The number of hydrogen-bond donors (Lipinski definition) is 1. The van der Waals surface area contributed by atoms with Crippen LogP contribution in [0.25, 0.3) is 0 Å². The maximum absolute atomic E-state index is 13.3. The van der Waals surface area contributed by atoms with Gasteiger partial charge < -0.3 is 14.8 Å². The van der Waals surface area contributed by atoms with Crippen molar-refractivity contribution in [1.82, 2.24) is 0 Å². The maximum Gasteiger partial charge on any atom is 0.175 e. The molecule has 0 amide bonds. The molecule has 0 bridgehead atoms. The lowest BCUT2D eigenvalue weighted by atomic mass is 10.2. The van der Waals surface area contributed by atoms with Crippen LogP contribution in [0.5, 0.6) is 11.5 Å². The molecule has 0 radical (unpaired) electrons. The summed E-state index contributed by atoms with van der Waals surface area (Å²) in [6.07, 6.45) is 0. The first-order valence-electron chi connectivity index (χ1n) is 8.97. The van der Waals surface area contributed by atoms with Gasteiger partial charge in [0.25, 0.3) is 0 Å². The lowest BCUT2D eigenvalue weighted by Crippen LogP contribution is -2.04. The molecule has 3 rings (SSSR count). The Bertz CT molecular complexity index is 983. The molecule has 0 saturated carbocycles. The first-order valence-corrected chi connectivity index (χ1v) is 10.5. The van der Waals surface area contributed by atoms with E-state index in [0.29, 0.717) is 36.3 Å². The molecule has 0 aliphatic heterocycles. The largest absolute Gasteiger partial charge is 0.490 e. The number of nitrogens with one attached hydrogen (secondary N) is 1. The van der Waals surface area contributed by atoms with Crippen LogP contribution in [-0.2, 0) is 13.2 Å². The van der Waals surface area contributed by atoms with Gasteiger partial charge in [-0.1, -0.05) is 35.3 Å². The van der Waals surface area contributed by atoms with Crippen molar-refractivity contribution in [3.05, 3.63) is 86.1 Å². The normalized spacial score (nSPS) is 10.7. The zero-order valence-corrected chi connectivity index (χ0v) is 18.7. The van der Waals surface area contributed by atoms with Gasteiger partial charge in [-0.05, 0) is 76.4 Å². The Hall–Kier alpha value is -1.95. The third-order valence-electron chi connectivity index (χ3n) is 4.08. The smallest absolute Gasteiger partial charge is 0.175 e. The number of anilines is 1. The molecule has 29 heavy (non-hydrogen) atoms. The van der Waals surface area contributed by atoms with Crippen LogP contribution in [0.15, 0.2) is 59.1 Å². The van der Waals surface area contributed by atoms with E-state index in [4.69, 9.17) is 32.7 Å². The van der Waals surface area contributed by atoms with Crippen molar-refractivity contribution in [2.75, 3.05) is 11.9 Å². The molecule has 0 heterocycles. The molecule has 0 aliphatic rings. The second-order valence-corrected chi connectivity index (χ2v) is 7.93. The predicted octanol–water partition coefficient (Wildman–Crippen LogP) is 7.48. The summed E-state index contributed by atoms with van der Waals surface area (Å²) in [5.74, 6) is 0.834. The van der Waals surface area contributed by atoms with Gasteiger partial charge in [-0.25, -0.2) is 4.39 Å². The Morgan fingerprint density at radius 1 is 0.966 bits per heavy atom. The molecule has 3 aromatic carbocycles. The standard InChI is InChI=1S/C22H19BrCl2FNO2/c1-2-28-21-10-15(12-27-17-7-8-20(26)19(25)11-17)9-18(23)22(21)29-13-14-3-5-16(24)6-4-14/h3-11,27H,2,12-13H2,1H3. The third kappa shape index (κ3) is 6.01. The first kappa shape index (κ1) is 21.8. The van der Waals surface area contributed by atoms with Gasteiger partial charge in [0.05, 0.1) is 16.1 Å². The maximum atomic E-state index is 13.3. The van der Waals surface area contributed by atoms with Crippen LogP contribution in [0.4, 0.5) is 10.1 Å². The zero-order chi connectivity index (χ0) is 20.8. The lowest BCUT2D eigenvalue weighted by molar-refractivity contribution is 0.267. The van der Waals surface area contributed by atoms with E-state index in [1.807, 2.05) is 43.3 Å². The third-order valence-corrected chi connectivity index (χ3v) is 5.21. The van der Waals surface area contributed by atoms with Gasteiger partial charge >= 0.3 is 0 Å². The van der Waals surface area contributed by atoms with Crippen LogP contribution in [0.2, 0.25) is 10.0 Å². The summed E-state index contributed by atoms with van der Waals surface area (Å²) in [5, 5.41) is 3.99. The molecule has 7 heteroatoms. The molecule has 0 spiro atoms. The van der Waals surface area contributed by atoms with Crippen molar-refractivity contribution in [3.8, 4) is 11.5 Å². The van der Waals surface area contributed by atoms with E-state index in [1.54, 1.807) is 12.1 Å². The molecule has 0 saturated heterocycles. The number of ether oxygens (including phenoxy) is 2. The van der Waals surface area contributed by atoms with E-state index in [0.717, 1.165) is 21.3 Å². The summed E-state index contributed by atoms with van der Waals surface area (Å²) in [4.78, 5) is 0. The topological polar surface area (TPSA) is 30.5 Å². The summed E-state index contributed by atoms with van der Waals surface area (Å²) in [7, 11) is 0. The minimum Gasteiger partial charge on any atom is -0.490 e. The summed E-state index contributed by atoms with van der Waals surface area (Å²) < 4.78 is 25.9. The van der Waals surface area contributed by atoms with Crippen LogP contribution in [0.1, 0.15) is 18.1 Å². The molecule has 0 unspecified atom stereocenters. The highest BCUT2D eigenvalue weighted by molar-refractivity contribution is 9.10. The fourth-order valence-electron chi connectivity index (χ4n) is 2.67. The first-order chi connectivity index (χ1) is 14.0. The Morgan fingerprint density at radius 3 is 2.41 bits per heavy atom. The summed E-state index contributed by atoms with van der Waals surface area (Å²) in [6, 6.07) is 15.9. The fraction of sp³-hybridized carbons (Fsp3) is 0.182. The SMILES string of the molecule is CCOc1cc(CNc2ccc(F)c(Cl)c2)cc(Br)c1OCc1ccc(Cl)cc1. The van der Waals surface area contributed by atoms with Crippen LogP contribution >= 0.6 is 39.1 Å². The van der Waals surface area contributed by atoms with Crippen molar-refractivity contribution in [3.63, 3.8) is 0 Å². The van der Waals surface area contributed by atoms with Crippen molar-refractivity contribution >= 4 is 44.8 Å². The molecule has 1 N–H and O–H groups in total. The van der Waals surface area contributed by atoms with Gasteiger partial charge in [-0.15, -0.1) is 0 Å². The van der Waals surface area contributed by atoms with Crippen molar-refractivity contribution in [2.45, 2.75) is 20.1 Å². The number of rotatable bonds is 8. The predicted molar refractivity (Wildman–Crippen MR) is 120 cm³/mol. The highest BCUT2D eigenvalue weighted by Crippen LogP contribution is 2.37. The molecule has 152 valence electrons. The lowest BCUT2D eigenvalue weighted by Gasteiger charge is -2.16. The van der Waals surface area contributed by atoms with E-state index in [1.165, 1.54) is 6.07 Å². The molecule has 0 aromatic heterocycles. The number of hydrogen-bond acceptors (Lipinski definition) is 3. The molecule has 0 fully saturated rings. The molecular formula is C22H19BrCl2FNO2. The van der Waals surface area contributed by atoms with Crippen molar-refractivity contribution < 1.29 is 13.9 Å². The Labute approximate surface area is 187 Å². The van der Waals surface area contributed by atoms with E-state index in [2.05, 4.69) is 21.2 Å². The van der Waals surface area contributed by atoms with Gasteiger partial charge in [-0.2, -0.15) is 0 Å². The van der Waals surface area contributed by atoms with E-state index in [-0.39, 0.29) is 5.02 Å². The monoisotopic (exact) mass is 497 g/mol. The van der Waals surface area contributed by atoms with Crippen molar-refractivity contribution in [1.29, 1.82) is 0 Å². The second-order valence-electron chi connectivity index (χ2n) is 6.24. The number of benzene rings is 3. The fourth-order valence-corrected chi connectivity index (χ4v) is 3.58. The van der Waals surface area contributed by atoms with Crippen molar-refractivity contribution in [2.24, 2.45) is 0 Å². The van der Waals surface area contributed by atoms with Crippen LogP contribution < -0.4 is 14.8 Å². The van der Waals surface area contributed by atoms with Gasteiger partial charge in [0, 0.05) is 17.3 Å². The van der Waals surface area contributed by atoms with Gasteiger partial charge in [0.2, 0.25) is 0 Å².